The summed E-state index contributed by atoms with van der Waals surface area (Å²) in [6.45, 7) is 4.24. The molecule has 3 N–H and O–H groups in total. The van der Waals surface area contributed by atoms with E-state index in [1.165, 1.54) is 4.68 Å². The van der Waals surface area contributed by atoms with E-state index in [9.17, 15) is 4.79 Å². The summed E-state index contributed by atoms with van der Waals surface area (Å²) in [6, 6.07) is 9.15. The van der Waals surface area contributed by atoms with Gasteiger partial charge in [-0.05, 0) is 25.0 Å². The van der Waals surface area contributed by atoms with Gasteiger partial charge < -0.3 is 25.4 Å². The van der Waals surface area contributed by atoms with Gasteiger partial charge in [0, 0.05) is 12.1 Å². The molecular formula is C20H20ClN5O4S. The van der Waals surface area contributed by atoms with Crippen LogP contribution in [0.4, 0.5) is 5.69 Å². The lowest BCUT2D eigenvalue weighted by Gasteiger charge is -2.11. The van der Waals surface area contributed by atoms with Crippen molar-refractivity contribution in [2.45, 2.75) is 25.6 Å². The molecule has 0 bridgehead atoms. The summed E-state index contributed by atoms with van der Waals surface area (Å²) in [6.07, 6.45) is 0. The molecule has 9 nitrogen and oxygen atoms in total. The third-order valence-corrected chi connectivity index (χ3v) is 5.81. The molecule has 1 amide bonds. The Labute approximate surface area is 187 Å². The van der Waals surface area contributed by atoms with Gasteiger partial charge in [-0.25, -0.2) is 4.68 Å². The quantitative estimate of drug-likeness (QED) is 0.407. The van der Waals surface area contributed by atoms with Crippen molar-refractivity contribution in [2.75, 3.05) is 23.7 Å². The number of carbonyl (C=O) groups excluding carboxylic acids is 1. The van der Waals surface area contributed by atoms with Crippen molar-refractivity contribution in [3.63, 3.8) is 0 Å². The van der Waals surface area contributed by atoms with Crippen LogP contribution in [0.25, 0.3) is 0 Å². The number of thioether (sulfide) groups is 1. The number of nitrogens with two attached hydrogens (primary N) is 1. The van der Waals surface area contributed by atoms with Crippen LogP contribution < -0.4 is 25.4 Å². The zero-order valence-electron chi connectivity index (χ0n) is 16.8. The van der Waals surface area contributed by atoms with Crippen LogP contribution in [0.2, 0.25) is 5.02 Å². The average Bonchev–Trinajstić information content (AvgIpc) is 3.32. The number of anilines is 1. The Morgan fingerprint density at radius 3 is 2.71 bits per heavy atom. The molecule has 1 aromatic heterocycles. The normalized spacial score (nSPS) is 12.1. The number of halogens is 1. The van der Waals surface area contributed by atoms with Gasteiger partial charge in [0.15, 0.2) is 17.3 Å². The fraction of sp³-hybridized carbons (Fsp3) is 0.250. The number of nitrogens with zero attached hydrogens (tertiary/aromatic N) is 3. The van der Waals surface area contributed by atoms with Crippen molar-refractivity contribution >= 4 is 35.0 Å². The van der Waals surface area contributed by atoms with Gasteiger partial charge in [0.25, 0.3) is 0 Å². The average molecular weight is 462 g/mol. The molecule has 162 valence electrons. The molecule has 0 radical (unpaired) electrons. The van der Waals surface area contributed by atoms with Crippen molar-refractivity contribution in [3.05, 3.63) is 52.3 Å². The lowest BCUT2D eigenvalue weighted by Crippen LogP contribution is -2.18. The Morgan fingerprint density at radius 2 is 1.97 bits per heavy atom. The molecule has 0 saturated heterocycles. The number of nitrogen functional groups attached to an aromatic ring is 1. The first-order chi connectivity index (χ1) is 14.9. The second-order valence-electron chi connectivity index (χ2n) is 6.80. The van der Waals surface area contributed by atoms with Crippen molar-refractivity contribution in [3.8, 4) is 17.2 Å². The van der Waals surface area contributed by atoms with Gasteiger partial charge in [0.1, 0.15) is 12.4 Å². The Balaban J connectivity index is 1.34. The molecule has 2 aromatic carbocycles. The van der Waals surface area contributed by atoms with Crippen molar-refractivity contribution in [2.24, 2.45) is 0 Å². The Morgan fingerprint density at radius 1 is 1.26 bits per heavy atom. The van der Waals surface area contributed by atoms with Crippen LogP contribution in [0.3, 0.4) is 0 Å². The summed E-state index contributed by atoms with van der Waals surface area (Å²) in [7, 11) is 0. The Kier molecular flexibility index (Phi) is 6.10. The van der Waals surface area contributed by atoms with Gasteiger partial charge in [-0.2, -0.15) is 0 Å². The fourth-order valence-corrected chi connectivity index (χ4v) is 3.87. The third-order valence-electron chi connectivity index (χ3n) is 4.56. The van der Waals surface area contributed by atoms with Gasteiger partial charge in [0.2, 0.25) is 17.9 Å². The van der Waals surface area contributed by atoms with Crippen LogP contribution >= 0.6 is 23.4 Å². The molecule has 0 aliphatic carbocycles. The van der Waals surface area contributed by atoms with E-state index >= 15 is 0 Å². The summed E-state index contributed by atoms with van der Waals surface area (Å²) in [4.78, 5) is 12.4. The molecule has 4 rings (SSSR count). The second-order valence-corrected chi connectivity index (χ2v) is 8.15. The molecule has 0 atom stereocenters. The maximum atomic E-state index is 12.4. The van der Waals surface area contributed by atoms with Crippen LogP contribution in [0.5, 0.6) is 17.2 Å². The summed E-state index contributed by atoms with van der Waals surface area (Å²) in [5.41, 5.74) is 2.49. The van der Waals surface area contributed by atoms with E-state index in [-0.39, 0.29) is 25.1 Å². The number of aromatic nitrogens is 3. The van der Waals surface area contributed by atoms with Gasteiger partial charge in [-0.3, -0.25) is 4.79 Å². The standard InChI is InChI=1S/C20H20ClN5O4S/c1-11-4-3-5-12(2)19(11)28-8-17-24-25-20(26(17)22)31-9-18(27)23-14-7-16-15(6-13(14)21)29-10-30-16/h3-7H,8-10,22H2,1-2H3,(H,23,27). The molecule has 2 heterocycles. The summed E-state index contributed by atoms with van der Waals surface area (Å²) < 4.78 is 17.8. The molecule has 0 unspecified atom stereocenters. The maximum absolute atomic E-state index is 12.4. The van der Waals surface area contributed by atoms with Gasteiger partial charge in [-0.15, -0.1) is 10.2 Å². The topological polar surface area (TPSA) is 114 Å². The molecule has 11 heteroatoms. The van der Waals surface area contributed by atoms with Crippen LogP contribution in [-0.4, -0.2) is 33.3 Å². The predicted molar refractivity (Wildman–Crippen MR) is 117 cm³/mol. The molecule has 3 aromatic rings. The van der Waals surface area contributed by atoms with Crippen LogP contribution in [0.15, 0.2) is 35.5 Å². The zero-order chi connectivity index (χ0) is 22.0. The minimum Gasteiger partial charge on any atom is -0.485 e. The molecule has 0 spiro atoms. The van der Waals surface area contributed by atoms with E-state index < -0.39 is 0 Å². The van der Waals surface area contributed by atoms with Crippen LogP contribution in [-0.2, 0) is 11.4 Å². The van der Waals surface area contributed by atoms with Crippen molar-refractivity contribution in [1.82, 2.24) is 14.9 Å². The van der Waals surface area contributed by atoms with E-state index in [4.69, 9.17) is 31.7 Å². The van der Waals surface area contributed by atoms with E-state index in [0.717, 1.165) is 28.6 Å². The fourth-order valence-electron chi connectivity index (χ4n) is 3.00. The monoisotopic (exact) mass is 461 g/mol. The highest BCUT2D eigenvalue weighted by Gasteiger charge is 2.19. The van der Waals surface area contributed by atoms with Gasteiger partial charge >= 0.3 is 0 Å². The number of carbonyl (C=O) groups is 1. The summed E-state index contributed by atoms with van der Waals surface area (Å²) in [5, 5.41) is 11.6. The minimum atomic E-state index is -0.276. The molecule has 1 aliphatic heterocycles. The highest BCUT2D eigenvalue weighted by Crippen LogP contribution is 2.39. The molecule has 0 saturated carbocycles. The number of nitrogens with one attached hydrogen (secondary N) is 1. The highest BCUT2D eigenvalue weighted by atomic mass is 35.5. The lowest BCUT2D eigenvalue weighted by molar-refractivity contribution is -0.113. The smallest absolute Gasteiger partial charge is 0.234 e. The van der Waals surface area contributed by atoms with Crippen molar-refractivity contribution in [1.29, 1.82) is 0 Å². The number of para-hydroxylation sites is 1. The lowest BCUT2D eigenvalue weighted by atomic mass is 10.1. The largest absolute Gasteiger partial charge is 0.485 e. The summed E-state index contributed by atoms with van der Waals surface area (Å²) >= 11 is 7.34. The number of aryl methyl sites for hydroxylation is 2. The number of amides is 1. The van der Waals surface area contributed by atoms with E-state index in [2.05, 4.69) is 15.5 Å². The first kappa shape index (κ1) is 21.1. The van der Waals surface area contributed by atoms with Crippen molar-refractivity contribution < 1.29 is 19.0 Å². The van der Waals surface area contributed by atoms with Gasteiger partial charge in [0.05, 0.1) is 16.5 Å². The predicted octanol–water partition coefficient (Wildman–Crippen LogP) is 3.30. The third kappa shape index (κ3) is 4.64. The SMILES string of the molecule is Cc1cccc(C)c1OCc1nnc(SCC(=O)Nc2cc3c(cc2Cl)OCO3)n1N. The number of rotatable bonds is 7. The molecular weight excluding hydrogens is 442 g/mol. The number of fused-ring (bicyclic) bond motifs is 1. The number of benzene rings is 2. The van der Waals surface area contributed by atoms with Gasteiger partial charge in [-0.1, -0.05) is 41.6 Å². The highest BCUT2D eigenvalue weighted by molar-refractivity contribution is 7.99. The molecule has 31 heavy (non-hydrogen) atoms. The number of ether oxygens (including phenoxy) is 3. The maximum Gasteiger partial charge on any atom is 0.234 e. The zero-order valence-corrected chi connectivity index (χ0v) is 18.4. The minimum absolute atomic E-state index is 0.0673. The first-order valence-corrected chi connectivity index (χ1v) is 10.7. The van der Waals surface area contributed by atoms with Crippen LogP contribution in [0.1, 0.15) is 17.0 Å². The van der Waals surface area contributed by atoms with E-state index in [0.29, 0.717) is 33.2 Å². The van der Waals surface area contributed by atoms with E-state index in [1.807, 2.05) is 32.0 Å². The number of hydrogen-bond acceptors (Lipinski definition) is 8. The Bertz CT molecular complexity index is 1120. The first-order valence-electron chi connectivity index (χ1n) is 9.32. The Hall–Kier alpha value is -3.11. The molecule has 1 aliphatic rings. The second kappa shape index (κ2) is 8.94. The number of hydrogen-bond donors (Lipinski definition) is 2. The van der Waals surface area contributed by atoms with E-state index in [1.54, 1.807) is 12.1 Å². The van der Waals surface area contributed by atoms with Crippen LogP contribution in [0, 0.1) is 13.8 Å². The summed E-state index contributed by atoms with van der Waals surface area (Å²) in [5.74, 6) is 8.18. The molecule has 0 fully saturated rings.